The number of carbonyl (C=O) groups is 3. The van der Waals surface area contributed by atoms with E-state index < -0.39 is 0 Å². The largest absolute Gasteiger partial charge is 0.355 e. The monoisotopic (exact) mass is 1120 g/mol. The Bertz CT molecular complexity index is 4570. The van der Waals surface area contributed by atoms with Crippen molar-refractivity contribution < 1.29 is 14.4 Å². The highest BCUT2D eigenvalue weighted by Gasteiger charge is 2.25. The molecule has 1 fully saturated rings. The smallest absolute Gasteiger partial charge is 0.251 e. The number of aromatic nitrogens is 6. The van der Waals surface area contributed by atoms with Crippen molar-refractivity contribution in [2.24, 2.45) is 0 Å². The molecule has 13 heteroatoms. The Morgan fingerprint density at radius 2 is 0.721 bits per heavy atom. The standard InChI is InChI=1S/C73H60N10O3/c1-4-83(5-2)38-37-75-72(85)56-30-35-59-63(43-56)81-69(65(77-59)46-15-8-6-9-16-46)52-22-12-19-49(39-52)45-25-27-48(28-26-45)67-70(82-64-44-57(31-36-60(64)78-67)73(86)76-58-32-33-58)54-24-14-21-51(41-54)50-20-13-23-53(40-50)68-66(47-17-10-7-11-18-47)80-62-42-55(71(84)74-3)29-34-61(62)79-68/h6-31,34-36,39-44,58H,4-5,32-33,37-38H2,1-3H3,(H,74,84)(H,75,85)(H,76,86). The molecule has 1 saturated carbocycles. The van der Waals surface area contributed by atoms with Crippen molar-refractivity contribution in [2.75, 3.05) is 33.2 Å². The SMILES string of the molecule is CCN(CC)CCNC(=O)c1ccc2nc(-c3ccccc3)c(-c3cccc(-c4ccc(-c5nc6ccc(C(=O)NC7CC7)cc6nc5-c5cccc(-c6cccc(-c7nc8ccc(C(=O)NC)cc8nc7-c7ccccc7)c6)c5)cc4)c3)nc2c1. The fraction of sp³-hybridized carbons (Fsp3) is 0.137. The van der Waals surface area contributed by atoms with Crippen LogP contribution in [0.2, 0.25) is 0 Å². The van der Waals surface area contributed by atoms with Crippen LogP contribution < -0.4 is 16.0 Å². The lowest BCUT2D eigenvalue weighted by Crippen LogP contribution is -2.34. The van der Waals surface area contributed by atoms with Crippen molar-refractivity contribution in [2.45, 2.75) is 32.7 Å². The third-order valence-corrected chi connectivity index (χ3v) is 15.9. The summed E-state index contributed by atoms with van der Waals surface area (Å²) in [5.41, 5.74) is 18.9. The Hall–Kier alpha value is -10.6. The zero-order chi connectivity index (χ0) is 58.7. The number of rotatable bonds is 17. The first-order chi connectivity index (χ1) is 42.2. The van der Waals surface area contributed by atoms with Gasteiger partial charge in [0.15, 0.2) is 0 Å². The van der Waals surface area contributed by atoms with E-state index in [1.165, 1.54) is 0 Å². The van der Waals surface area contributed by atoms with Gasteiger partial charge in [-0.2, -0.15) is 0 Å². The molecule has 3 amide bonds. The molecule has 3 heterocycles. The summed E-state index contributed by atoms with van der Waals surface area (Å²) in [6, 6.07) is 70.0. The van der Waals surface area contributed by atoms with Crippen LogP contribution in [0.25, 0.3) is 123 Å². The quantitative estimate of drug-likeness (QED) is 0.0798. The number of carbonyl (C=O) groups excluding carboxylic acids is 3. The van der Waals surface area contributed by atoms with E-state index >= 15 is 0 Å². The summed E-state index contributed by atoms with van der Waals surface area (Å²) < 4.78 is 0. The van der Waals surface area contributed by atoms with Crippen LogP contribution in [0, 0.1) is 0 Å². The molecule has 13 rings (SSSR count). The van der Waals surface area contributed by atoms with Crippen LogP contribution in [0.15, 0.2) is 212 Å². The normalized spacial score (nSPS) is 12.2. The van der Waals surface area contributed by atoms with Crippen LogP contribution in [-0.2, 0) is 0 Å². The zero-order valence-electron chi connectivity index (χ0n) is 47.9. The molecule has 0 spiro atoms. The second kappa shape index (κ2) is 23.9. The van der Waals surface area contributed by atoms with Gasteiger partial charge >= 0.3 is 0 Å². The number of hydrogen-bond donors (Lipinski definition) is 3. The molecular weight excluding hydrogens is 1060 g/mol. The van der Waals surface area contributed by atoms with Gasteiger partial charge in [0.2, 0.25) is 0 Å². The molecule has 12 aromatic rings. The minimum Gasteiger partial charge on any atom is -0.355 e. The molecule has 0 radical (unpaired) electrons. The van der Waals surface area contributed by atoms with Gasteiger partial charge in [0, 0.05) is 76.3 Å². The Morgan fingerprint density at radius 1 is 0.372 bits per heavy atom. The van der Waals surface area contributed by atoms with Gasteiger partial charge in [0.1, 0.15) is 0 Å². The van der Waals surface area contributed by atoms with E-state index in [0.29, 0.717) is 84.8 Å². The van der Waals surface area contributed by atoms with Gasteiger partial charge < -0.3 is 20.9 Å². The van der Waals surface area contributed by atoms with Gasteiger partial charge in [0.25, 0.3) is 17.7 Å². The number of hydrogen-bond acceptors (Lipinski definition) is 10. The van der Waals surface area contributed by atoms with E-state index in [2.05, 4.69) is 107 Å². The molecule has 9 aromatic carbocycles. The van der Waals surface area contributed by atoms with Crippen LogP contribution in [0.1, 0.15) is 57.8 Å². The third-order valence-electron chi connectivity index (χ3n) is 15.9. The van der Waals surface area contributed by atoms with E-state index in [1.807, 2.05) is 127 Å². The number of nitrogens with one attached hydrogen (secondary N) is 3. The summed E-state index contributed by atoms with van der Waals surface area (Å²) in [5.74, 6) is -0.461. The molecule has 1 aliphatic rings. The van der Waals surface area contributed by atoms with Crippen molar-refractivity contribution in [1.82, 2.24) is 50.8 Å². The molecule has 3 N–H and O–H groups in total. The molecule has 0 atom stereocenters. The average Bonchev–Trinajstić information content (AvgIpc) is 2.71. The highest BCUT2D eigenvalue weighted by molar-refractivity contribution is 6.01. The minimum atomic E-state index is -0.193. The van der Waals surface area contributed by atoms with E-state index in [1.54, 1.807) is 19.2 Å². The Labute approximate surface area is 498 Å². The van der Waals surface area contributed by atoms with Gasteiger partial charge in [-0.1, -0.05) is 153 Å². The predicted octanol–water partition coefficient (Wildman–Crippen LogP) is 14.2. The maximum atomic E-state index is 13.4. The van der Waals surface area contributed by atoms with Crippen LogP contribution in [0.5, 0.6) is 0 Å². The number of likely N-dealkylation sites (N-methyl/N-ethyl adjacent to an activating group) is 1. The topological polar surface area (TPSA) is 168 Å². The highest BCUT2D eigenvalue weighted by Crippen LogP contribution is 2.39. The molecule has 0 saturated heterocycles. The molecule has 86 heavy (non-hydrogen) atoms. The summed E-state index contributed by atoms with van der Waals surface area (Å²) in [4.78, 5) is 73.2. The molecule has 420 valence electrons. The van der Waals surface area contributed by atoms with Crippen LogP contribution >= 0.6 is 0 Å². The number of fused-ring (bicyclic) bond motifs is 3. The maximum Gasteiger partial charge on any atom is 0.251 e. The Balaban J connectivity index is 0.859. The minimum absolute atomic E-state index is 0.122. The van der Waals surface area contributed by atoms with E-state index in [0.717, 1.165) is 93.8 Å². The summed E-state index contributed by atoms with van der Waals surface area (Å²) in [5, 5.41) is 8.92. The Kier molecular flexibility index (Phi) is 15.2. The van der Waals surface area contributed by atoms with Gasteiger partial charge in [-0.3, -0.25) is 14.4 Å². The number of nitrogens with zero attached hydrogens (tertiary/aromatic N) is 7. The molecule has 0 bridgehead atoms. The second-order valence-electron chi connectivity index (χ2n) is 21.5. The fourth-order valence-corrected chi connectivity index (χ4v) is 11.0. The summed E-state index contributed by atoms with van der Waals surface area (Å²) in [6.07, 6.45) is 1.97. The zero-order valence-corrected chi connectivity index (χ0v) is 47.9. The first-order valence-electron chi connectivity index (χ1n) is 29.2. The number of benzene rings is 9. The first-order valence-corrected chi connectivity index (χ1v) is 29.2. The third kappa shape index (κ3) is 11.4. The van der Waals surface area contributed by atoms with E-state index in [9.17, 15) is 14.4 Å². The van der Waals surface area contributed by atoms with Gasteiger partial charge in [0.05, 0.1) is 67.3 Å². The van der Waals surface area contributed by atoms with Gasteiger partial charge in [-0.05, 0) is 121 Å². The summed E-state index contributed by atoms with van der Waals surface area (Å²) in [7, 11) is 1.61. The van der Waals surface area contributed by atoms with Crippen molar-refractivity contribution >= 4 is 50.8 Å². The highest BCUT2D eigenvalue weighted by atomic mass is 16.2. The van der Waals surface area contributed by atoms with Crippen molar-refractivity contribution in [3.05, 3.63) is 229 Å². The van der Waals surface area contributed by atoms with E-state index in [-0.39, 0.29) is 23.8 Å². The molecule has 13 nitrogen and oxygen atoms in total. The van der Waals surface area contributed by atoms with Crippen LogP contribution in [0.4, 0.5) is 0 Å². The van der Waals surface area contributed by atoms with Crippen molar-refractivity contribution in [1.29, 1.82) is 0 Å². The predicted molar refractivity (Wildman–Crippen MR) is 343 cm³/mol. The first kappa shape index (κ1) is 54.6. The van der Waals surface area contributed by atoms with Gasteiger partial charge in [-0.15, -0.1) is 0 Å². The number of amides is 3. The van der Waals surface area contributed by atoms with Gasteiger partial charge in [-0.25, -0.2) is 29.9 Å². The Morgan fingerprint density at radius 3 is 1.14 bits per heavy atom. The lowest BCUT2D eigenvalue weighted by atomic mass is 9.95. The molecule has 1 aliphatic carbocycles. The van der Waals surface area contributed by atoms with Crippen molar-refractivity contribution in [3.63, 3.8) is 0 Å². The van der Waals surface area contributed by atoms with Crippen LogP contribution in [-0.4, -0.2) is 91.8 Å². The second-order valence-corrected chi connectivity index (χ2v) is 21.5. The molecular formula is C73H60N10O3. The van der Waals surface area contributed by atoms with Crippen LogP contribution in [0.3, 0.4) is 0 Å². The van der Waals surface area contributed by atoms with E-state index in [4.69, 9.17) is 29.9 Å². The maximum absolute atomic E-state index is 13.4. The average molecular weight is 1130 g/mol. The lowest BCUT2D eigenvalue weighted by molar-refractivity contribution is 0.0941. The summed E-state index contributed by atoms with van der Waals surface area (Å²) in [6.45, 7) is 7.42. The van der Waals surface area contributed by atoms with Crippen molar-refractivity contribution in [3.8, 4) is 89.8 Å². The fourth-order valence-electron chi connectivity index (χ4n) is 11.0. The molecule has 0 unspecified atom stereocenters. The summed E-state index contributed by atoms with van der Waals surface area (Å²) >= 11 is 0. The molecule has 3 aromatic heterocycles. The lowest BCUT2D eigenvalue weighted by Gasteiger charge is -2.18. The molecule has 0 aliphatic heterocycles.